The van der Waals surface area contributed by atoms with Crippen molar-refractivity contribution in [2.24, 2.45) is 0 Å². The van der Waals surface area contributed by atoms with Crippen LogP contribution in [0.15, 0.2) is 24.4 Å². The Morgan fingerprint density at radius 3 is 2.60 bits per heavy atom. The lowest BCUT2D eigenvalue weighted by molar-refractivity contribution is -0.137. The van der Waals surface area contributed by atoms with Gasteiger partial charge in [-0.3, -0.25) is 9.89 Å². The van der Waals surface area contributed by atoms with Gasteiger partial charge in [0, 0.05) is 10.7 Å². The molecule has 0 atom stereocenters. The normalized spacial score (nSPS) is 11.4. The van der Waals surface area contributed by atoms with Gasteiger partial charge in [0.1, 0.15) is 11.4 Å². The molecule has 0 unspecified atom stereocenters. The molecule has 4 N–H and O–H groups in total. The van der Waals surface area contributed by atoms with Gasteiger partial charge in [0.15, 0.2) is 0 Å². The molecule has 1 aromatic carbocycles. The standard InChI is InChI=1S/C11H8ClF3N4O/c12-6-1-5(11(13,14)15)2-7(3-6)18-10(20)8-4-17-19-9(8)16/h1-4H,(H,18,20)(H3,16,17,19). The molecule has 0 saturated heterocycles. The van der Waals surface area contributed by atoms with Crippen LogP contribution in [0, 0.1) is 0 Å². The number of hydrogen-bond acceptors (Lipinski definition) is 3. The first-order valence-electron chi connectivity index (χ1n) is 5.25. The molecule has 0 aliphatic carbocycles. The van der Waals surface area contributed by atoms with Crippen molar-refractivity contribution in [3.05, 3.63) is 40.5 Å². The highest BCUT2D eigenvalue weighted by molar-refractivity contribution is 6.31. The maximum Gasteiger partial charge on any atom is 0.416 e. The van der Waals surface area contributed by atoms with Crippen molar-refractivity contribution in [1.29, 1.82) is 0 Å². The van der Waals surface area contributed by atoms with E-state index >= 15 is 0 Å². The Labute approximate surface area is 115 Å². The summed E-state index contributed by atoms with van der Waals surface area (Å²) in [7, 11) is 0. The molecule has 0 spiro atoms. The highest BCUT2D eigenvalue weighted by Gasteiger charge is 2.31. The molecule has 1 amide bonds. The van der Waals surface area contributed by atoms with E-state index in [0.717, 1.165) is 12.1 Å². The second-order valence-electron chi connectivity index (χ2n) is 3.88. The monoisotopic (exact) mass is 304 g/mol. The lowest BCUT2D eigenvalue weighted by Crippen LogP contribution is -2.14. The van der Waals surface area contributed by atoms with Gasteiger partial charge in [0.2, 0.25) is 0 Å². The quantitative estimate of drug-likeness (QED) is 0.797. The zero-order valence-corrected chi connectivity index (χ0v) is 10.5. The molecular weight excluding hydrogens is 297 g/mol. The molecule has 2 aromatic rings. The van der Waals surface area contributed by atoms with Crippen molar-refractivity contribution in [1.82, 2.24) is 10.2 Å². The van der Waals surface area contributed by atoms with E-state index < -0.39 is 17.6 Å². The molecule has 0 saturated carbocycles. The zero-order chi connectivity index (χ0) is 14.9. The minimum absolute atomic E-state index is 0.0144. The number of aromatic nitrogens is 2. The first-order chi connectivity index (χ1) is 9.27. The molecule has 20 heavy (non-hydrogen) atoms. The van der Waals surface area contributed by atoms with Crippen molar-refractivity contribution >= 4 is 29.0 Å². The van der Waals surface area contributed by atoms with E-state index in [0.29, 0.717) is 0 Å². The predicted molar refractivity (Wildman–Crippen MR) is 67.4 cm³/mol. The number of hydrogen-bond donors (Lipinski definition) is 3. The van der Waals surface area contributed by atoms with E-state index in [1.807, 2.05) is 0 Å². The summed E-state index contributed by atoms with van der Waals surface area (Å²) in [6.45, 7) is 0. The molecule has 5 nitrogen and oxygen atoms in total. The SMILES string of the molecule is Nc1[nH]ncc1C(=O)Nc1cc(Cl)cc(C(F)(F)F)c1. The number of halogens is 4. The van der Waals surface area contributed by atoms with Crippen LogP contribution in [0.3, 0.4) is 0 Å². The molecule has 2 rings (SSSR count). The molecule has 0 aliphatic heterocycles. The molecule has 1 aromatic heterocycles. The van der Waals surface area contributed by atoms with Gasteiger partial charge in [-0.15, -0.1) is 0 Å². The van der Waals surface area contributed by atoms with Crippen molar-refractivity contribution in [3.8, 4) is 0 Å². The Hall–Kier alpha value is -2.22. The minimum atomic E-state index is -4.56. The summed E-state index contributed by atoms with van der Waals surface area (Å²) < 4.78 is 37.8. The number of alkyl halides is 3. The molecule has 1 heterocycles. The predicted octanol–water partition coefficient (Wildman–Crippen LogP) is 2.92. The highest BCUT2D eigenvalue weighted by atomic mass is 35.5. The number of aromatic amines is 1. The number of amides is 1. The van der Waals surface area contributed by atoms with Gasteiger partial charge in [0.05, 0.1) is 11.8 Å². The fourth-order valence-electron chi connectivity index (χ4n) is 1.50. The van der Waals surface area contributed by atoms with Crippen LogP contribution in [0.25, 0.3) is 0 Å². The van der Waals surface area contributed by atoms with Crippen molar-refractivity contribution in [2.75, 3.05) is 11.1 Å². The third-order valence-electron chi connectivity index (χ3n) is 2.40. The maximum absolute atomic E-state index is 12.6. The van der Waals surface area contributed by atoms with Crippen LogP contribution in [-0.2, 0) is 6.18 Å². The highest BCUT2D eigenvalue weighted by Crippen LogP contribution is 2.33. The first-order valence-corrected chi connectivity index (χ1v) is 5.63. The number of nitrogens with zero attached hydrogens (tertiary/aromatic N) is 1. The third-order valence-corrected chi connectivity index (χ3v) is 2.61. The van der Waals surface area contributed by atoms with Crippen LogP contribution >= 0.6 is 11.6 Å². The summed E-state index contributed by atoms with van der Waals surface area (Å²) in [5, 5.41) is 8.02. The van der Waals surface area contributed by atoms with Gasteiger partial charge >= 0.3 is 6.18 Å². The number of anilines is 2. The fraction of sp³-hybridized carbons (Fsp3) is 0.0909. The van der Waals surface area contributed by atoms with E-state index in [9.17, 15) is 18.0 Å². The topological polar surface area (TPSA) is 83.8 Å². The Bertz CT molecular complexity index is 653. The van der Waals surface area contributed by atoms with Crippen LogP contribution < -0.4 is 11.1 Å². The van der Waals surface area contributed by atoms with Crippen LogP contribution in [0.2, 0.25) is 5.02 Å². The van der Waals surface area contributed by atoms with Crippen molar-refractivity contribution in [3.63, 3.8) is 0 Å². The summed E-state index contributed by atoms with van der Waals surface area (Å²) in [5.41, 5.74) is 4.42. The average Bonchev–Trinajstić information content (AvgIpc) is 2.73. The maximum atomic E-state index is 12.6. The van der Waals surface area contributed by atoms with Gasteiger partial charge < -0.3 is 11.1 Å². The summed E-state index contributed by atoms with van der Waals surface area (Å²) in [6.07, 6.45) is -3.39. The lowest BCUT2D eigenvalue weighted by Gasteiger charge is -2.10. The van der Waals surface area contributed by atoms with E-state index in [-0.39, 0.29) is 22.1 Å². The van der Waals surface area contributed by atoms with Crippen LogP contribution in [0.4, 0.5) is 24.7 Å². The minimum Gasteiger partial charge on any atom is -0.383 e. The number of carbonyl (C=O) groups is 1. The number of benzene rings is 1. The smallest absolute Gasteiger partial charge is 0.383 e. The van der Waals surface area contributed by atoms with Crippen molar-refractivity contribution in [2.45, 2.75) is 6.18 Å². The molecular formula is C11H8ClF3N4O. The number of rotatable bonds is 2. The molecule has 106 valence electrons. The van der Waals surface area contributed by atoms with E-state index in [1.54, 1.807) is 0 Å². The second kappa shape index (κ2) is 5.04. The van der Waals surface area contributed by atoms with Gasteiger partial charge in [-0.05, 0) is 18.2 Å². The third kappa shape index (κ3) is 3.02. The molecule has 0 fully saturated rings. The Morgan fingerprint density at radius 1 is 1.35 bits per heavy atom. The van der Waals surface area contributed by atoms with Gasteiger partial charge in [-0.1, -0.05) is 11.6 Å². The summed E-state index contributed by atoms with van der Waals surface area (Å²) in [6, 6.07) is 2.74. The number of carbonyl (C=O) groups excluding carboxylic acids is 1. The number of nitrogen functional groups attached to an aromatic ring is 1. The van der Waals surface area contributed by atoms with E-state index in [2.05, 4.69) is 15.5 Å². The number of nitrogens with one attached hydrogen (secondary N) is 2. The van der Waals surface area contributed by atoms with Crippen LogP contribution in [0.1, 0.15) is 15.9 Å². The summed E-state index contributed by atoms with van der Waals surface area (Å²) in [5.74, 6) is -0.674. The van der Waals surface area contributed by atoms with E-state index in [4.69, 9.17) is 17.3 Å². The largest absolute Gasteiger partial charge is 0.416 e. The Morgan fingerprint density at radius 2 is 2.05 bits per heavy atom. The zero-order valence-electron chi connectivity index (χ0n) is 9.75. The molecule has 9 heteroatoms. The summed E-state index contributed by atoms with van der Waals surface area (Å²) >= 11 is 5.60. The number of H-pyrrole nitrogens is 1. The Kier molecular flexibility index (Phi) is 3.58. The Balaban J connectivity index is 2.28. The van der Waals surface area contributed by atoms with Gasteiger partial charge in [0.25, 0.3) is 5.91 Å². The van der Waals surface area contributed by atoms with Crippen LogP contribution in [-0.4, -0.2) is 16.1 Å². The summed E-state index contributed by atoms with van der Waals surface area (Å²) in [4.78, 5) is 11.8. The average molecular weight is 305 g/mol. The molecule has 0 radical (unpaired) electrons. The molecule has 0 bridgehead atoms. The fourth-order valence-corrected chi connectivity index (χ4v) is 1.74. The van der Waals surface area contributed by atoms with Crippen LogP contribution in [0.5, 0.6) is 0 Å². The first kappa shape index (κ1) is 14.2. The van der Waals surface area contributed by atoms with Gasteiger partial charge in [-0.25, -0.2) is 0 Å². The van der Waals surface area contributed by atoms with E-state index in [1.165, 1.54) is 12.3 Å². The molecule has 0 aliphatic rings. The second-order valence-corrected chi connectivity index (χ2v) is 4.31. The van der Waals surface area contributed by atoms with Crippen molar-refractivity contribution < 1.29 is 18.0 Å². The number of nitrogens with two attached hydrogens (primary N) is 1. The van der Waals surface area contributed by atoms with Gasteiger partial charge in [-0.2, -0.15) is 18.3 Å². The lowest BCUT2D eigenvalue weighted by atomic mass is 10.2.